The SMILES string of the molecule is COc1ccc([C@]2(CC(C)C)NC(=S)N(c3ccccc3)C2=O)o1. The number of carbonyl (C=O) groups is 1. The van der Waals surface area contributed by atoms with Crippen molar-refractivity contribution in [3.8, 4) is 5.95 Å². The molecular formula is C18H20N2O3S. The van der Waals surface area contributed by atoms with E-state index in [2.05, 4.69) is 19.2 Å². The van der Waals surface area contributed by atoms with Crippen molar-refractivity contribution >= 4 is 28.9 Å². The van der Waals surface area contributed by atoms with Crippen LogP contribution in [0.2, 0.25) is 0 Å². The van der Waals surface area contributed by atoms with Crippen LogP contribution in [-0.4, -0.2) is 18.1 Å². The number of ether oxygens (including phenoxy) is 1. The highest BCUT2D eigenvalue weighted by Gasteiger charge is 2.53. The zero-order valence-electron chi connectivity index (χ0n) is 13.9. The maximum atomic E-state index is 13.3. The van der Waals surface area contributed by atoms with E-state index in [0.717, 1.165) is 5.69 Å². The number of hydrogen-bond donors (Lipinski definition) is 1. The molecule has 1 aromatic heterocycles. The number of anilines is 1. The highest BCUT2D eigenvalue weighted by Crippen LogP contribution is 2.39. The summed E-state index contributed by atoms with van der Waals surface area (Å²) in [6, 6.07) is 12.9. The Bertz CT molecular complexity index is 757. The Balaban J connectivity index is 2.06. The number of nitrogens with zero attached hydrogens (tertiary/aromatic N) is 1. The maximum absolute atomic E-state index is 13.3. The summed E-state index contributed by atoms with van der Waals surface area (Å²) in [7, 11) is 1.53. The van der Waals surface area contributed by atoms with Crippen molar-refractivity contribution < 1.29 is 13.9 Å². The molecule has 1 aliphatic heterocycles. The van der Waals surface area contributed by atoms with Gasteiger partial charge in [-0.05, 0) is 42.8 Å². The van der Waals surface area contributed by atoms with E-state index >= 15 is 0 Å². The van der Waals surface area contributed by atoms with Crippen LogP contribution in [0.4, 0.5) is 5.69 Å². The van der Waals surface area contributed by atoms with E-state index in [1.54, 1.807) is 12.1 Å². The molecular weight excluding hydrogens is 324 g/mol. The molecule has 3 rings (SSSR count). The predicted octanol–water partition coefficient (Wildman–Crippen LogP) is 3.45. The summed E-state index contributed by atoms with van der Waals surface area (Å²) in [6.45, 7) is 4.12. The molecule has 2 heterocycles. The predicted molar refractivity (Wildman–Crippen MR) is 96.1 cm³/mol. The molecule has 1 aromatic carbocycles. The van der Waals surface area contributed by atoms with Gasteiger partial charge in [-0.15, -0.1) is 0 Å². The Kier molecular flexibility index (Phi) is 4.32. The Morgan fingerprint density at radius 2 is 1.96 bits per heavy atom. The third-order valence-electron chi connectivity index (χ3n) is 4.02. The molecule has 2 aromatic rings. The number of thiocarbonyl (C=S) groups is 1. The third kappa shape index (κ3) is 2.67. The fourth-order valence-corrected chi connectivity index (χ4v) is 3.43. The van der Waals surface area contributed by atoms with E-state index in [0.29, 0.717) is 23.2 Å². The van der Waals surface area contributed by atoms with Crippen LogP contribution >= 0.6 is 12.2 Å². The standard InChI is InChI=1S/C18H20N2O3S/c1-12(2)11-18(14-9-10-15(22-3)23-14)16(21)20(17(24)19-18)13-7-5-4-6-8-13/h4-10,12H,11H2,1-3H3,(H,19,24)/t18-/m0/s1. The zero-order valence-corrected chi connectivity index (χ0v) is 14.7. The van der Waals surface area contributed by atoms with Crippen molar-refractivity contribution in [3.63, 3.8) is 0 Å². The minimum Gasteiger partial charge on any atom is -0.468 e. The molecule has 1 aliphatic rings. The van der Waals surface area contributed by atoms with Gasteiger partial charge in [-0.3, -0.25) is 9.69 Å². The topological polar surface area (TPSA) is 54.7 Å². The van der Waals surface area contributed by atoms with Gasteiger partial charge < -0.3 is 14.5 Å². The van der Waals surface area contributed by atoms with Crippen LogP contribution in [0.25, 0.3) is 0 Å². The smallest absolute Gasteiger partial charge is 0.284 e. The minimum atomic E-state index is -1.02. The van der Waals surface area contributed by atoms with Crippen molar-refractivity contribution in [1.82, 2.24) is 5.32 Å². The lowest BCUT2D eigenvalue weighted by Crippen LogP contribution is -2.44. The monoisotopic (exact) mass is 344 g/mol. The number of para-hydroxylation sites is 1. The molecule has 0 bridgehead atoms. The summed E-state index contributed by atoms with van der Waals surface area (Å²) in [5.74, 6) is 1.01. The lowest BCUT2D eigenvalue weighted by atomic mass is 9.86. The number of carbonyl (C=O) groups excluding carboxylic acids is 1. The fraction of sp³-hybridized carbons (Fsp3) is 0.333. The van der Waals surface area contributed by atoms with Crippen LogP contribution in [0.5, 0.6) is 5.95 Å². The summed E-state index contributed by atoms with van der Waals surface area (Å²) in [5.41, 5.74) is -0.276. The van der Waals surface area contributed by atoms with E-state index in [1.165, 1.54) is 12.0 Å². The lowest BCUT2D eigenvalue weighted by Gasteiger charge is -2.26. The number of nitrogens with one attached hydrogen (secondary N) is 1. The molecule has 0 spiro atoms. The van der Waals surface area contributed by atoms with E-state index in [9.17, 15) is 4.79 Å². The van der Waals surface area contributed by atoms with Crippen molar-refractivity contribution in [3.05, 3.63) is 48.2 Å². The Hall–Kier alpha value is -2.34. The fourth-order valence-electron chi connectivity index (χ4n) is 3.06. The Morgan fingerprint density at radius 3 is 2.54 bits per heavy atom. The van der Waals surface area contributed by atoms with E-state index in [4.69, 9.17) is 21.4 Å². The van der Waals surface area contributed by atoms with Gasteiger partial charge in [0.1, 0.15) is 5.76 Å². The molecule has 1 amide bonds. The normalized spacial score (nSPS) is 20.6. The summed E-state index contributed by atoms with van der Waals surface area (Å²) < 4.78 is 10.9. The Labute approximate surface area is 146 Å². The maximum Gasteiger partial charge on any atom is 0.284 e. The van der Waals surface area contributed by atoms with Gasteiger partial charge in [0.15, 0.2) is 10.7 Å². The molecule has 0 unspecified atom stereocenters. The first kappa shape index (κ1) is 16.5. The van der Waals surface area contributed by atoms with E-state index in [1.807, 2.05) is 30.3 Å². The average molecular weight is 344 g/mol. The van der Waals surface area contributed by atoms with Gasteiger partial charge in [-0.25, -0.2) is 0 Å². The number of rotatable bonds is 5. The largest absolute Gasteiger partial charge is 0.468 e. The molecule has 24 heavy (non-hydrogen) atoms. The van der Waals surface area contributed by atoms with Gasteiger partial charge in [0.2, 0.25) is 0 Å². The van der Waals surface area contributed by atoms with Gasteiger partial charge in [0.25, 0.3) is 11.9 Å². The van der Waals surface area contributed by atoms with Gasteiger partial charge in [-0.2, -0.15) is 0 Å². The van der Waals surface area contributed by atoms with Crippen molar-refractivity contribution in [2.75, 3.05) is 12.0 Å². The van der Waals surface area contributed by atoms with E-state index < -0.39 is 5.54 Å². The Morgan fingerprint density at radius 1 is 1.25 bits per heavy atom. The van der Waals surface area contributed by atoms with Crippen molar-refractivity contribution in [2.24, 2.45) is 5.92 Å². The summed E-state index contributed by atoms with van der Waals surface area (Å²) >= 11 is 5.46. The molecule has 1 fully saturated rings. The first-order valence-electron chi connectivity index (χ1n) is 7.84. The molecule has 5 nitrogen and oxygen atoms in total. The van der Waals surface area contributed by atoms with Gasteiger partial charge in [-0.1, -0.05) is 32.0 Å². The molecule has 1 N–H and O–H groups in total. The minimum absolute atomic E-state index is 0.135. The first-order chi connectivity index (χ1) is 11.5. The van der Waals surface area contributed by atoms with Crippen LogP contribution in [-0.2, 0) is 10.3 Å². The first-order valence-corrected chi connectivity index (χ1v) is 8.25. The second-order valence-electron chi connectivity index (χ2n) is 6.23. The highest BCUT2D eigenvalue weighted by molar-refractivity contribution is 7.80. The number of furan rings is 1. The van der Waals surface area contributed by atoms with Crippen LogP contribution in [0.15, 0.2) is 46.9 Å². The van der Waals surface area contributed by atoms with Crippen LogP contribution in [0.3, 0.4) is 0 Å². The van der Waals surface area contributed by atoms with Crippen LogP contribution < -0.4 is 15.0 Å². The summed E-state index contributed by atoms with van der Waals surface area (Å²) in [5, 5.41) is 3.59. The van der Waals surface area contributed by atoms with Gasteiger partial charge in [0.05, 0.1) is 12.8 Å². The van der Waals surface area contributed by atoms with Gasteiger partial charge in [0, 0.05) is 6.07 Å². The molecule has 126 valence electrons. The number of hydrogen-bond acceptors (Lipinski definition) is 4. The zero-order chi connectivity index (χ0) is 17.3. The molecule has 1 atom stereocenters. The summed E-state index contributed by atoms with van der Waals surface area (Å²) in [4.78, 5) is 14.9. The molecule has 6 heteroatoms. The lowest BCUT2D eigenvalue weighted by molar-refractivity contribution is -0.123. The molecule has 0 aliphatic carbocycles. The number of methoxy groups -OCH3 is 1. The number of amides is 1. The average Bonchev–Trinajstić information content (AvgIpc) is 3.12. The summed E-state index contributed by atoms with van der Waals surface area (Å²) in [6.07, 6.45) is 0.561. The second kappa shape index (κ2) is 6.28. The second-order valence-corrected chi connectivity index (χ2v) is 6.62. The van der Waals surface area contributed by atoms with Crippen LogP contribution in [0, 0.1) is 5.92 Å². The molecule has 0 saturated carbocycles. The quantitative estimate of drug-likeness (QED) is 0.842. The number of benzene rings is 1. The van der Waals surface area contributed by atoms with Crippen LogP contribution in [0.1, 0.15) is 26.0 Å². The molecule has 1 saturated heterocycles. The molecule has 0 radical (unpaired) electrons. The van der Waals surface area contributed by atoms with Crippen molar-refractivity contribution in [1.29, 1.82) is 0 Å². The third-order valence-corrected chi connectivity index (χ3v) is 4.31. The van der Waals surface area contributed by atoms with Gasteiger partial charge >= 0.3 is 0 Å². The highest BCUT2D eigenvalue weighted by atomic mass is 32.1. The van der Waals surface area contributed by atoms with E-state index in [-0.39, 0.29) is 11.8 Å². The van der Waals surface area contributed by atoms with Crippen molar-refractivity contribution in [2.45, 2.75) is 25.8 Å².